The smallest absolute Gasteiger partial charge is 0.251 e. The van der Waals surface area contributed by atoms with Crippen LogP contribution in [0.15, 0.2) is 18.2 Å². The van der Waals surface area contributed by atoms with E-state index in [4.69, 9.17) is 0 Å². The molecule has 0 spiro atoms. The first kappa shape index (κ1) is 14.1. The average Bonchev–Trinajstić information content (AvgIpc) is 2.40. The number of aryl methyl sites for hydroxylation is 1. The molecule has 0 heterocycles. The van der Waals surface area contributed by atoms with Crippen LogP contribution in [0, 0.1) is 19.8 Å². The van der Waals surface area contributed by atoms with Crippen LogP contribution in [0.5, 0.6) is 0 Å². The summed E-state index contributed by atoms with van der Waals surface area (Å²) < 4.78 is 0. The molecule has 19 heavy (non-hydrogen) atoms. The molecular weight excluding hydrogens is 238 g/mol. The van der Waals surface area contributed by atoms with Crippen molar-refractivity contribution in [3.05, 3.63) is 34.9 Å². The summed E-state index contributed by atoms with van der Waals surface area (Å²) in [6.07, 6.45) is 3.87. The number of amides is 1. The molecule has 1 aliphatic rings. The fourth-order valence-corrected chi connectivity index (χ4v) is 2.74. The number of nitrogens with one attached hydrogen (secondary N) is 1. The van der Waals surface area contributed by atoms with Gasteiger partial charge in [-0.15, -0.1) is 0 Å². The third kappa shape index (κ3) is 3.35. The number of benzene rings is 1. The highest BCUT2D eigenvalue weighted by Crippen LogP contribution is 2.23. The van der Waals surface area contributed by atoms with E-state index in [1.165, 1.54) is 0 Å². The van der Waals surface area contributed by atoms with Gasteiger partial charge in [-0.1, -0.05) is 25.0 Å². The molecule has 1 aliphatic carbocycles. The molecule has 3 nitrogen and oxygen atoms in total. The largest absolute Gasteiger partial charge is 0.393 e. The van der Waals surface area contributed by atoms with Gasteiger partial charge in [-0.3, -0.25) is 4.79 Å². The predicted molar refractivity (Wildman–Crippen MR) is 76.2 cm³/mol. The van der Waals surface area contributed by atoms with Crippen LogP contribution >= 0.6 is 0 Å². The maximum Gasteiger partial charge on any atom is 0.251 e. The predicted octanol–water partition coefficient (Wildman–Crippen LogP) is 2.58. The van der Waals surface area contributed by atoms with E-state index in [2.05, 4.69) is 5.32 Å². The van der Waals surface area contributed by atoms with Crippen LogP contribution in [0.1, 0.15) is 47.2 Å². The summed E-state index contributed by atoms with van der Waals surface area (Å²) in [5, 5.41) is 12.9. The summed E-state index contributed by atoms with van der Waals surface area (Å²) in [6, 6.07) is 5.78. The molecule has 1 saturated carbocycles. The summed E-state index contributed by atoms with van der Waals surface area (Å²) in [5.74, 6) is 0.182. The van der Waals surface area contributed by atoms with Crippen molar-refractivity contribution in [1.82, 2.24) is 5.32 Å². The second-order valence-corrected chi connectivity index (χ2v) is 5.57. The van der Waals surface area contributed by atoms with Gasteiger partial charge in [-0.25, -0.2) is 0 Å². The highest BCUT2D eigenvalue weighted by Gasteiger charge is 2.23. The number of aliphatic hydroxyl groups is 1. The second kappa shape index (κ2) is 6.20. The third-order valence-corrected chi connectivity index (χ3v) is 4.24. The maximum absolute atomic E-state index is 12.2. The quantitative estimate of drug-likeness (QED) is 0.878. The molecule has 104 valence electrons. The summed E-state index contributed by atoms with van der Waals surface area (Å²) in [6.45, 7) is 4.56. The Morgan fingerprint density at radius 3 is 2.79 bits per heavy atom. The van der Waals surface area contributed by atoms with E-state index in [1.54, 1.807) is 0 Å². The van der Waals surface area contributed by atoms with Crippen LogP contribution < -0.4 is 5.32 Å². The van der Waals surface area contributed by atoms with Crippen LogP contribution in [0.25, 0.3) is 0 Å². The summed E-state index contributed by atoms with van der Waals surface area (Å²) in [5.41, 5.74) is 2.90. The lowest BCUT2D eigenvalue weighted by atomic mass is 9.86. The van der Waals surface area contributed by atoms with Crippen LogP contribution in [0.3, 0.4) is 0 Å². The van der Waals surface area contributed by atoms with E-state index >= 15 is 0 Å². The molecule has 0 radical (unpaired) electrons. The van der Waals surface area contributed by atoms with Gasteiger partial charge in [-0.05, 0) is 43.9 Å². The molecule has 0 bridgehead atoms. The van der Waals surface area contributed by atoms with E-state index in [0.29, 0.717) is 6.54 Å². The van der Waals surface area contributed by atoms with Crippen molar-refractivity contribution in [2.45, 2.75) is 45.6 Å². The van der Waals surface area contributed by atoms with Crippen molar-refractivity contribution in [1.29, 1.82) is 0 Å². The summed E-state index contributed by atoms with van der Waals surface area (Å²) in [4.78, 5) is 12.2. The Bertz CT molecular complexity index is 456. The maximum atomic E-state index is 12.2. The minimum Gasteiger partial charge on any atom is -0.393 e. The van der Waals surface area contributed by atoms with Crippen molar-refractivity contribution < 1.29 is 9.90 Å². The van der Waals surface area contributed by atoms with Crippen LogP contribution in [0.2, 0.25) is 0 Å². The molecular formula is C16H23NO2. The van der Waals surface area contributed by atoms with Gasteiger partial charge in [0.05, 0.1) is 6.10 Å². The SMILES string of the molecule is Cc1cccc(C(=O)NCC2CCCCC2O)c1C. The Labute approximate surface area is 115 Å². The zero-order valence-corrected chi connectivity index (χ0v) is 11.8. The van der Waals surface area contributed by atoms with E-state index in [1.807, 2.05) is 32.0 Å². The van der Waals surface area contributed by atoms with Gasteiger partial charge < -0.3 is 10.4 Å². The molecule has 0 aromatic heterocycles. The summed E-state index contributed by atoms with van der Waals surface area (Å²) >= 11 is 0. The minimum atomic E-state index is -0.257. The average molecular weight is 261 g/mol. The van der Waals surface area contributed by atoms with Crippen LogP contribution in [-0.4, -0.2) is 23.7 Å². The van der Waals surface area contributed by atoms with Crippen molar-refractivity contribution in [2.75, 3.05) is 6.54 Å². The third-order valence-electron chi connectivity index (χ3n) is 4.24. The number of carbonyl (C=O) groups is 1. The number of rotatable bonds is 3. The minimum absolute atomic E-state index is 0.0287. The van der Waals surface area contributed by atoms with E-state index in [9.17, 15) is 9.90 Å². The standard InChI is InChI=1S/C16H23NO2/c1-11-6-5-8-14(12(11)2)16(19)17-10-13-7-3-4-9-15(13)18/h5-6,8,13,15,18H,3-4,7,9-10H2,1-2H3,(H,17,19). The fraction of sp³-hybridized carbons (Fsp3) is 0.562. The van der Waals surface area contributed by atoms with Crippen molar-refractivity contribution >= 4 is 5.91 Å². The van der Waals surface area contributed by atoms with E-state index in [-0.39, 0.29) is 17.9 Å². The summed E-state index contributed by atoms with van der Waals surface area (Å²) in [7, 11) is 0. The number of hydrogen-bond acceptors (Lipinski definition) is 2. The fourth-order valence-electron chi connectivity index (χ4n) is 2.74. The number of aliphatic hydroxyl groups excluding tert-OH is 1. The first-order valence-corrected chi connectivity index (χ1v) is 7.12. The lowest BCUT2D eigenvalue weighted by Gasteiger charge is -2.27. The first-order chi connectivity index (χ1) is 9.09. The lowest BCUT2D eigenvalue weighted by Crippen LogP contribution is -2.36. The topological polar surface area (TPSA) is 49.3 Å². The molecule has 1 aromatic rings. The van der Waals surface area contributed by atoms with Gasteiger partial charge in [0.25, 0.3) is 5.91 Å². The molecule has 2 unspecified atom stereocenters. The van der Waals surface area contributed by atoms with Crippen molar-refractivity contribution in [3.63, 3.8) is 0 Å². The molecule has 1 amide bonds. The van der Waals surface area contributed by atoms with Crippen LogP contribution in [0.4, 0.5) is 0 Å². The number of carbonyl (C=O) groups excluding carboxylic acids is 1. The zero-order chi connectivity index (χ0) is 13.8. The molecule has 2 rings (SSSR count). The van der Waals surface area contributed by atoms with E-state index in [0.717, 1.165) is 42.4 Å². The first-order valence-electron chi connectivity index (χ1n) is 7.12. The lowest BCUT2D eigenvalue weighted by molar-refractivity contribution is 0.0663. The van der Waals surface area contributed by atoms with Gasteiger partial charge in [0.2, 0.25) is 0 Å². The van der Waals surface area contributed by atoms with E-state index < -0.39 is 0 Å². The van der Waals surface area contributed by atoms with Gasteiger partial charge in [-0.2, -0.15) is 0 Å². The number of hydrogen-bond donors (Lipinski definition) is 2. The van der Waals surface area contributed by atoms with Crippen LogP contribution in [-0.2, 0) is 0 Å². The van der Waals surface area contributed by atoms with Gasteiger partial charge in [0.15, 0.2) is 0 Å². The van der Waals surface area contributed by atoms with Crippen molar-refractivity contribution in [3.8, 4) is 0 Å². The van der Waals surface area contributed by atoms with Gasteiger partial charge in [0, 0.05) is 18.0 Å². The van der Waals surface area contributed by atoms with Gasteiger partial charge >= 0.3 is 0 Å². The Morgan fingerprint density at radius 2 is 2.05 bits per heavy atom. The van der Waals surface area contributed by atoms with Crippen molar-refractivity contribution in [2.24, 2.45) is 5.92 Å². The molecule has 2 N–H and O–H groups in total. The molecule has 1 fully saturated rings. The molecule has 3 heteroatoms. The highest BCUT2D eigenvalue weighted by atomic mass is 16.3. The molecule has 0 saturated heterocycles. The molecule has 2 atom stereocenters. The molecule has 1 aromatic carbocycles. The Balaban J connectivity index is 1.95. The Morgan fingerprint density at radius 1 is 1.32 bits per heavy atom. The zero-order valence-electron chi connectivity index (χ0n) is 11.8. The normalized spacial score (nSPS) is 23.1. The Kier molecular flexibility index (Phi) is 4.59. The highest BCUT2D eigenvalue weighted by molar-refractivity contribution is 5.95. The second-order valence-electron chi connectivity index (χ2n) is 5.57. The molecule has 0 aliphatic heterocycles. The Hall–Kier alpha value is -1.35. The van der Waals surface area contributed by atoms with Gasteiger partial charge in [0.1, 0.15) is 0 Å². The monoisotopic (exact) mass is 261 g/mol.